The first-order valence-corrected chi connectivity index (χ1v) is 13.0. The van der Waals surface area contributed by atoms with Gasteiger partial charge in [-0.3, -0.25) is 4.79 Å². The van der Waals surface area contributed by atoms with Crippen LogP contribution in [-0.4, -0.2) is 56.3 Å². The Kier molecular flexibility index (Phi) is 7.56. The number of nitrogens with zero attached hydrogens (tertiary/aromatic N) is 3. The fourth-order valence-corrected chi connectivity index (χ4v) is 5.57. The van der Waals surface area contributed by atoms with E-state index in [1.54, 1.807) is 47.4 Å². The lowest BCUT2D eigenvalue weighted by atomic mass is 10.2. The van der Waals surface area contributed by atoms with Gasteiger partial charge < -0.3 is 9.80 Å². The van der Waals surface area contributed by atoms with Gasteiger partial charge in [-0.05, 0) is 42.8 Å². The quantitative estimate of drug-likeness (QED) is 0.491. The molecule has 0 unspecified atom stereocenters. The van der Waals surface area contributed by atoms with Crippen molar-refractivity contribution in [1.29, 1.82) is 0 Å². The molecule has 8 heteroatoms. The summed E-state index contributed by atoms with van der Waals surface area (Å²) in [4.78, 5) is 17.4. The normalized spacial score (nSPS) is 14.4. The molecule has 0 atom stereocenters. The third kappa shape index (κ3) is 5.60. The van der Waals surface area contributed by atoms with E-state index in [1.165, 1.54) is 4.31 Å². The van der Waals surface area contributed by atoms with Crippen LogP contribution in [0, 0.1) is 6.92 Å². The van der Waals surface area contributed by atoms with Crippen LogP contribution in [0.15, 0.2) is 83.8 Å². The molecular formula is C26H28ClN3O3S. The number of carbonyl (C=O) groups excluding carboxylic acids is 1. The van der Waals surface area contributed by atoms with Crippen LogP contribution >= 0.6 is 11.6 Å². The van der Waals surface area contributed by atoms with Crippen molar-refractivity contribution in [1.82, 2.24) is 9.21 Å². The maximum atomic E-state index is 13.5. The summed E-state index contributed by atoms with van der Waals surface area (Å²) >= 11 is 6.32. The number of hydrogen-bond donors (Lipinski definition) is 0. The highest BCUT2D eigenvalue weighted by Gasteiger charge is 2.30. The number of amides is 1. The molecule has 34 heavy (non-hydrogen) atoms. The first-order chi connectivity index (χ1) is 16.3. The van der Waals surface area contributed by atoms with Crippen LogP contribution in [0.3, 0.4) is 0 Å². The van der Waals surface area contributed by atoms with Gasteiger partial charge >= 0.3 is 0 Å². The SMILES string of the molecule is Cc1ccc(S(=O)(=O)N(CC(=O)N2CCN(c3ccccc3)CC2)Cc2ccccc2Cl)cc1. The van der Waals surface area contributed by atoms with Crippen molar-refractivity contribution >= 4 is 33.2 Å². The van der Waals surface area contributed by atoms with Crippen molar-refractivity contribution in [2.45, 2.75) is 18.4 Å². The smallest absolute Gasteiger partial charge is 0.243 e. The summed E-state index contributed by atoms with van der Waals surface area (Å²) in [6.07, 6.45) is 0. The highest BCUT2D eigenvalue weighted by atomic mass is 35.5. The Balaban J connectivity index is 1.52. The summed E-state index contributed by atoms with van der Waals surface area (Å²) in [5.41, 5.74) is 2.74. The summed E-state index contributed by atoms with van der Waals surface area (Å²) < 4.78 is 28.3. The first-order valence-electron chi connectivity index (χ1n) is 11.2. The van der Waals surface area contributed by atoms with E-state index in [2.05, 4.69) is 17.0 Å². The van der Waals surface area contributed by atoms with Crippen molar-refractivity contribution < 1.29 is 13.2 Å². The van der Waals surface area contributed by atoms with Crippen LogP contribution in [-0.2, 0) is 21.4 Å². The molecule has 1 amide bonds. The van der Waals surface area contributed by atoms with Crippen molar-refractivity contribution in [2.75, 3.05) is 37.6 Å². The third-order valence-corrected chi connectivity index (χ3v) is 8.20. The number of sulfonamides is 1. The van der Waals surface area contributed by atoms with Gasteiger partial charge in [0.05, 0.1) is 11.4 Å². The molecule has 0 N–H and O–H groups in total. The van der Waals surface area contributed by atoms with Gasteiger partial charge in [-0.15, -0.1) is 0 Å². The Morgan fingerprint density at radius 2 is 1.50 bits per heavy atom. The minimum Gasteiger partial charge on any atom is -0.368 e. The van der Waals surface area contributed by atoms with E-state index in [9.17, 15) is 13.2 Å². The van der Waals surface area contributed by atoms with Gasteiger partial charge in [-0.1, -0.05) is 65.7 Å². The second kappa shape index (κ2) is 10.6. The molecule has 6 nitrogen and oxygen atoms in total. The van der Waals surface area contributed by atoms with Crippen LogP contribution < -0.4 is 4.90 Å². The summed E-state index contributed by atoms with van der Waals surface area (Å²) in [6.45, 7) is 4.15. The minimum atomic E-state index is -3.90. The largest absolute Gasteiger partial charge is 0.368 e. The second-order valence-corrected chi connectivity index (χ2v) is 10.7. The minimum absolute atomic E-state index is 0.0194. The molecule has 3 aromatic carbocycles. The number of piperazine rings is 1. The summed E-state index contributed by atoms with van der Waals surface area (Å²) in [5.74, 6) is -0.213. The maximum Gasteiger partial charge on any atom is 0.243 e. The van der Waals surface area contributed by atoms with Gasteiger partial charge in [0.15, 0.2) is 0 Å². The van der Waals surface area contributed by atoms with Crippen LogP contribution in [0.1, 0.15) is 11.1 Å². The van der Waals surface area contributed by atoms with E-state index in [0.717, 1.165) is 11.3 Å². The first kappa shape index (κ1) is 24.3. The van der Waals surface area contributed by atoms with E-state index >= 15 is 0 Å². The van der Waals surface area contributed by atoms with Gasteiger partial charge in [0.1, 0.15) is 0 Å². The molecule has 1 heterocycles. The van der Waals surface area contributed by atoms with Gasteiger partial charge in [0.25, 0.3) is 0 Å². The number of halogens is 1. The predicted octanol–water partition coefficient (Wildman–Crippen LogP) is 4.19. The monoisotopic (exact) mass is 497 g/mol. The molecule has 1 aliphatic rings. The molecule has 1 fully saturated rings. The molecule has 0 spiro atoms. The number of hydrogen-bond acceptors (Lipinski definition) is 4. The van der Waals surface area contributed by atoms with E-state index in [-0.39, 0.29) is 23.9 Å². The van der Waals surface area contributed by atoms with Gasteiger partial charge in [-0.2, -0.15) is 4.31 Å². The molecule has 178 valence electrons. The fraction of sp³-hybridized carbons (Fsp3) is 0.269. The van der Waals surface area contributed by atoms with Crippen molar-refractivity contribution in [3.05, 3.63) is 95.0 Å². The Bertz CT molecular complexity index is 1230. The zero-order valence-electron chi connectivity index (χ0n) is 19.1. The number of carbonyl (C=O) groups is 1. The van der Waals surface area contributed by atoms with Crippen molar-refractivity contribution in [3.63, 3.8) is 0 Å². The fourth-order valence-electron chi connectivity index (χ4n) is 4.01. The number of para-hydroxylation sites is 1. The van der Waals surface area contributed by atoms with Gasteiger partial charge in [0, 0.05) is 43.4 Å². The van der Waals surface area contributed by atoms with E-state index < -0.39 is 10.0 Å². The molecule has 0 radical (unpaired) electrons. The molecule has 1 aliphatic heterocycles. The lowest BCUT2D eigenvalue weighted by molar-refractivity contribution is -0.131. The molecule has 4 rings (SSSR count). The molecule has 0 bridgehead atoms. The van der Waals surface area contributed by atoms with Crippen LogP contribution in [0.2, 0.25) is 5.02 Å². The molecule has 1 saturated heterocycles. The standard InChI is InChI=1S/C26H28ClN3O3S/c1-21-11-13-24(14-12-21)34(32,33)30(19-22-7-5-6-10-25(22)27)20-26(31)29-17-15-28(16-18-29)23-8-3-2-4-9-23/h2-14H,15-20H2,1H3. The van der Waals surface area contributed by atoms with E-state index in [4.69, 9.17) is 11.6 Å². The number of benzene rings is 3. The maximum absolute atomic E-state index is 13.5. The average Bonchev–Trinajstić information content (AvgIpc) is 2.85. The van der Waals surface area contributed by atoms with Crippen molar-refractivity contribution in [2.24, 2.45) is 0 Å². The predicted molar refractivity (Wildman–Crippen MR) is 135 cm³/mol. The summed E-state index contributed by atoms with van der Waals surface area (Å²) in [7, 11) is -3.90. The molecule has 3 aromatic rings. The Morgan fingerprint density at radius 3 is 2.15 bits per heavy atom. The van der Waals surface area contributed by atoms with Crippen LogP contribution in [0.4, 0.5) is 5.69 Å². The number of anilines is 1. The van der Waals surface area contributed by atoms with E-state index in [0.29, 0.717) is 36.8 Å². The lowest BCUT2D eigenvalue weighted by Crippen LogP contribution is -2.51. The highest BCUT2D eigenvalue weighted by molar-refractivity contribution is 7.89. The molecule has 0 saturated carbocycles. The third-order valence-electron chi connectivity index (χ3n) is 6.03. The van der Waals surface area contributed by atoms with Crippen LogP contribution in [0.25, 0.3) is 0 Å². The number of rotatable bonds is 7. The highest BCUT2D eigenvalue weighted by Crippen LogP contribution is 2.23. The Hall–Kier alpha value is -2.87. The Morgan fingerprint density at radius 1 is 0.882 bits per heavy atom. The Labute approximate surface area is 206 Å². The summed E-state index contributed by atoms with van der Waals surface area (Å²) in [6, 6.07) is 23.8. The van der Waals surface area contributed by atoms with Crippen LogP contribution in [0.5, 0.6) is 0 Å². The van der Waals surface area contributed by atoms with E-state index in [1.807, 2.05) is 31.2 Å². The zero-order valence-corrected chi connectivity index (χ0v) is 20.7. The average molecular weight is 498 g/mol. The second-order valence-electron chi connectivity index (χ2n) is 8.38. The molecular weight excluding hydrogens is 470 g/mol. The zero-order chi connectivity index (χ0) is 24.1. The van der Waals surface area contributed by atoms with Crippen molar-refractivity contribution in [3.8, 4) is 0 Å². The topological polar surface area (TPSA) is 60.9 Å². The van der Waals surface area contributed by atoms with Gasteiger partial charge in [0.2, 0.25) is 15.9 Å². The number of aryl methyl sites for hydroxylation is 1. The molecule has 0 aliphatic carbocycles. The lowest BCUT2D eigenvalue weighted by Gasteiger charge is -2.37. The molecule has 0 aromatic heterocycles. The summed E-state index contributed by atoms with van der Waals surface area (Å²) in [5, 5.41) is 0.468. The van der Waals surface area contributed by atoms with Gasteiger partial charge in [-0.25, -0.2) is 8.42 Å².